The van der Waals surface area contributed by atoms with Gasteiger partial charge in [-0.25, -0.2) is 4.79 Å². The number of H-pyrrole nitrogens is 2. The van der Waals surface area contributed by atoms with Gasteiger partial charge in [0, 0.05) is 28.9 Å². The number of benzene rings is 4. The standard InChI is InChI=1S/C19H27NO2.C18H18N2O2.C16H14N4O3/c1-2-3-15-22-18-11-9-17(10-12-18)19(21)20-14-13-16-7-5-4-6-8-16;1-22-13-9-7-12(8-10-13)17-14-5-3-2-4-6-16(14)20-18(21)15(17)11-19;1-22-16(21)13-4-2-11(3-5-13)10-23-14-8-6-12(7-9-14)15-17-19-20-18-15/h7,9-12H,2-6,8,13-15H2,1H3,(H,20,21);7-10H,2-6H2,1H3,(H,20,21);2-9H,10H2,1H3,(H,17,18,19,20). The van der Waals surface area contributed by atoms with Gasteiger partial charge in [-0.15, -0.1) is 10.2 Å². The van der Waals surface area contributed by atoms with Gasteiger partial charge in [-0.05, 0) is 159 Å². The summed E-state index contributed by atoms with van der Waals surface area (Å²) in [5.41, 5.74) is 8.26. The second-order valence-electron chi connectivity index (χ2n) is 16.1. The molecule has 348 valence electrons. The highest BCUT2D eigenvalue weighted by Crippen LogP contribution is 2.32. The van der Waals surface area contributed by atoms with Crippen LogP contribution < -0.4 is 25.1 Å². The summed E-state index contributed by atoms with van der Waals surface area (Å²) in [6.45, 7) is 4.00. The van der Waals surface area contributed by atoms with Crippen molar-refractivity contribution in [3.63, 3.8) is 0 Å². The van der Waals surface area contributed by atoms with Crippen molar-refractivity contribution in [2.24, 2.45) is 0 Å². The number of ether oxygens (including phenoxy) is 4. The van der Waals surface area contributed by atoms with E-state index < -0.39 is 0 Å². The maximum absolute atomic E-state index is 12.2. The van der Waals surface area contributed by atoms with Crippen LogP contribution in [-0.2, 0) is 24.2 Å². The van der Waals surface area contributed by atoms with E-state index >= 15 is 0 Å². The fraction of sp³-hybridized carbons (Fsp3) is 0.340. The SMILES string of the molecule is CCCCOc1ccc(C(=O)NCCC2=CCCCC2)cc1.COC(=O)c1ccc(COc2ccc(-c3nn[nH]n3)cc2)cc1.COc1ccc(-c2c3c([nH]c(=O)c2C#N)CCCCC3)cc1. The maximum atomic E-state index is 12.2. The fourth-order valence-electron chi connectivity index (χ4n) is 7.76. The lowest BCUT2D eigenvalue weighted by atomic mass is 9.92. The van der Waals surface area contributed by atoms with Gasteiger partial charge in [0.05, 0.1) is 26.4 Å². The van der Waals surface area contributed by atoms with Crippen LogP contribution in [0.2, 0.25) is 0 Å². The first kappa shape index (κ1) is 48.9. The Bertz CT molecular complexity index is 2620. The van der Waals surface area contributed by atoms with Crippen molar-refractivity contribution in [1.82, 2.24) is 30.9 Å². The van der Waals surface area contributed by atoms with Gasteiger partial charge >= 0.3 is 5.97 Å². The quantitative estimate of drug-likeness (QED) is 0.0384. The number of unbranched alkanes of at least 4 members (excludes halogenated alkanes) is 1. The number of fused-ring (bicyclic) bond motifs is 1. The van der Waals surface area contributed by atoms with Crippen LogP contribution in [0.5, 0.6) is 17.2 Å². The van der Waals surface area contributed by atoms with Crippen LogP contribution >= 0.6 is 0 Å². The van der Waals surface area contributed by atoms with Crippen LogP contribution in [-0.4, -0.2) is 64.9 Å². The van der Waals surface area contributed by atoms with Crippen molar-refractivity contribution in [2.45, 2.75) is 90.6 Å². The highest BCUT2D eigenvalue weighted by molar-refractivity contribution is 5.94. The molecule has 0 spiro atoms. The van der Waals surface area contributed by atoms with Crippen LogP contribution in [0.25, 0.3) is 22.5 Å². The molecule has 0 aliphatic heterocycles. The highest BCUT2D eigenvalue weighted by atomic mass is 16.5. The molecule has 2 heterocycles. The van der Waals surface area contributed by atoms with E-state index in [0.717, 1.165) is 115 Å². The van der Waals surface area contributed by atoms with Gasteiger partial charge in [-0.1, -0.05) is 55.7 Å². The minimum absolute atomic E-state index is 0.00322. The summed E-state index contributed by atoms with van der Waals surface area (Å²) in [5, 5.41) is 26.2. The number of carbonyl (C=O) groups excluding carboxylic acids is 2. The molecule has 6 aromatic rings. The third kappa shape index (κ3) is 14.5. The number of tetrazole rings is 1. The molecule has 2 aromatic heterocycles. The number of methoxy groups -OCH3 is 2. The number of amides is 1. The van der Waals surface area contributed by atoms with E-state index in [1.807, 2.05) is 84.9 Å². The van der Waals surface area contributed by atoms with Gasteiger partial charge in [0.25, 0.3) is 11.5 Å². The van der Waals surface area contributed by atoms with Gasteiger partial charge in [-0.3, -0.25) is 9.59 Å². The van der Waals surface area contributed by atoms with Gasteiger partial charge in [-0.2, -0.15) is 10.5 Å². The maximum Gasteiger partial charge on any atom is 0.337 e. The molecular weight excluding hydrogens is 847 g/mol. The molecule has 0 atom stereocenters. The number of aryl methyl sites for hydroxylation is 1. The monoisotopic (exact) mass is 905 g/mol. The molecule has 1 amide bonds. The number of carbonyl (C=O) groups is 2. The van der Waals surface area contributed by atoms with Crippen molar-refractivity contribution in [2.75, 3.05) is 27.4 Å². The Morgan fingerprint density at radius 3 is 2.10 bits per heavy atom. The second-order valence-corrected chi connectivity index (χ2v) is 16.1. The van der Waals surface area contributed by atoms with Crippen molar-refractivity contribution >= 4 is 11.9 Å². The number of aromatic nitrogens is 5. The molecule has 0 unspecified atom stereocenters. The molecule has 0 bridgehead atoms. The van der Waals surface area contributed by atoms with E-state index in [0.29, 0.717) is 23.6 Å². The molecule has 0 fully saturated rings. The van der Waals surface area contributed by atoms with Crippen molar-refractivity contribution in [3.05, 3.63) is 153 Å². The molecule has 0 saturated heterocycles. The lowest BCUT2D eigenvalue weighted by molar-refractivity contribution is 0.0600. The van der Waals surface area contributed by atoms with Gasteiger partial charge < -0.3 is 29.2 Å². The van der Waals surface area contributed by atoms with Crippen molar-refractivity contribution in [1.29, 1.82) is 5.26 Å². The Morgan fingerprint density at radius 1 is 0.776 bits per heavy atom. The number of esters is 1. The lowest BCUT2D eigenvalue weighted by Crippen LogP contribution is -2.24. The summed E-state index contributed by atoms with van der Waals surface area (Å²) in [5.74, 6) is 2.51. The molecule has 67 heavy (non-hydrogen) atoms. The Kier molecular flexibility index (Phi) is 18.9. The minimum Gasteiger partial charge on any atom is -0.497 e. The summed E-state index contributed by atoms with van der Waals surface area (Å²) in [7, 11) is 2.98. The van der Waals surface area contributed by atoms with Crippen molar-refractivity contribution in [3.8, 4) is 45.8 Å². The average molecular weight is 906 g/mol. The molecule has 4 aromatic carbocycles. The van der Waals surface area contributed by atoms with E-state index in [1.165, 1.54) is 38.4 Å². The van der Waals surface area contributed by atoms with E-state index in [4.69, 9.17) is 14.2 Å². The minimum atomic E-state index is -0.352. The Hall–Kier alpha value is -7.53. The zero-order valence-corrected chi connectivity index (χ0v) is 38.6. The van der Waals surface area contributed by atoms with E-state index in [-0.39, 0.29) is 23.0 Å². The normalized spacial score (nSPS) is 12.8. The molecule has 2 aliphatic carbocycles. The van der Waals surface area contributed by atoms with Crippen LogP contribution in [0.15, 0.2) is 114 Å². The number of allylic oxidation sites excluding steroid dienone is 1. The van der Waals surface area contributed by atoms with Crippen LogP contribution in [0.3, 0.4) is 0 Å². The number of hydrogen-bond acceptors (Lipinski definition) is 11. The number of aromatic amines is 2. The van der Waals surface area contributed by atoms with Crippen LogP contribution in [0.4, 0.5) is 0 Å². The third-order valence-electron chi connectivity index (χ3n) is 11.5. The Labute approximate surface area is 391 Å². The van der Waals surface area contributed by atoms with Gasteiger partial charge in [0.1, 0.15) is 35.5 Å². The summed E-state index contributed by atoms with van der Waals surface area (Å²) < 4.78 is 21.2. The molecule has 0 radical (unpaired) electrons. The topological polar surface area (TPSA) is 194 Å². The number of pyridine rings is 1. The number of nitriles is 1. The van der Waals surface area contributed by atoms with Crippen LogP contribution in [0.1, 0.15) is 114 Å². The molecule has 8 rings (SSSR count). The summed E-state index contributed by atoms with van der Waals surface area (Å²) >= 11 is 0. The van der Waals surface area contributed by atoms with E-state index in [1.54, 1.807) is 19.2 Å². The molecule has 0 saturated carbocycles. The first-order valence-corrected chi connectivity index (χ1v) is 23.0. The fourth-order valence-corrected chi connectivity index (χ4v) is 7.76. The number of nitrogens with zero attached hydrogens (tertiary/aromatic N) is 4. The first-order chi connectivity index (χ1) is 32.8. The Morgan fingerprint density at radius 2 is 1.45 bits per heavy atom. The zero-order valence-electron chi connectivity index (χ0n) is 38.6. The molecule has 14 nitrogen and oxygen atoms in total. The largest absolute Gasteiger partial charge is 0.497 e. The molecule has 2 aliphatic rings. The zero-order chi connectivity index (χ0) is 47.2. The summed E-state index contributed by atoms with van der Waals surface area (Å²) in [6.07, 6.45) is 15.6. The van der Waals surface area contributed by atoms with E-state index in [2.05, 4.69) is 54.7 Å². The Balaban J connectivity index is 0.000000166. The highest BCUT2D eigenvalue weighted by Gasteiger charge is 2.20. The van der Waals surface area contributed by atoms with Crippen LogP contribution in [0, 0.1) is 11.3 Å². The van der Waals surface area contributed by atoms with Crippen molar-refractivity contribution < 1.29 is 28.5 Å². The molecule has 3 N–H and O–H groups in total. The van der Waals surface area contributed by atoms with Gasteiger partial charge in [0.2, 0.25) is 5.82 Å². The van der Waals surface area contributed by atoms with E-state index in [9.17, 15) is 19.6 Å². The second kappa shape index (κ2) is 25.8. The third-order valence-corrected chi connectivity index (χ3v) is 11.5. The first-order valence-electron chi connectivity index (χ1n) is 23.0. The average Bonchev–Trinajstić information content (AvgIpc) is 3.82. The molecule has 14 heteroatoms. The predicted octanol–water partition coefficient (Wildman–Crippen LogP) is 9.91. The number of hydrogen-bond donors (Lipinski definition) is 3. The lowest BCUT2D eigenvalue weighted by Gasteiger charge is -2.14. The van der Waals surface area contributed by atoms with Gasteiger partial charge in [0.15, 0.2) is 0 Å². The predicted molar refractivity (Wildman–Crippen MR) is 257 cm³/mol. The summed E-state index contributed by atoms with van der Waals surface area (Å²) in [6, 6.07) is 31.5. The summed E-state index contributed by atoms with van der Waals surface area (Å²) in [4.78, 5) is 38.6. The smallest absolute Gasteiger partial charge is 0.337 e. The molecular formula is C53H59N7O7. The number of nitrogens with one attached hydrogen (secondary N) is 3. The number of rotatable bonds is 15.